The molecule has 2 aromatic carbocycles. The molecule has 4 N–H and O–H groups in total. The maximum Gasteiger partial charge on any atom is 0.323 e. The van der Waals surface area contributed by atoms with Crippen molar-refractivity contribution in [3.8, 4) is 0 Å². The van der Waals surface area contributed by atoms with Crippen molar-refractivity contribution in [2.75, 3.05) is 10.6 Å². The lowest BCUT2D eigenvalue weighted by atomic mass is 10.1. The predicted molar refractivity (Wildman–Crippen MR) is 90.6 cm³/mol. The molecule has 0 spiro atoms. The van der Waals surface area contributed by atoms with Gasteiger partial charge in [-0.2, -0.15) is 0 Å². The van der Waals surface area contributed by atoms with Gasteiger partial charge in [-0.05, 0) is 55.3 Å². The summed E-state index contributed by atoms with van der Waals surface area (Å²) in [4.78, 5) is 12.0. The Morgan fingerprint density at radius 1 is 1.14 bits per heavy atom. The molecule has 110 valence electrons. The number of hydrogen-bond acceptors (Lipinski definition) is 2. The van der Waals surface area contributed by atoms with Crippen LogP contribution in [0.2, 0.25) is 0 Å². The quantitative estimate of drug-likeness (QED) is 0.769. The fourth-order valence-corrected chi connectivity index (χ4v) is 2.40. The fraction of sp³-hybridized carbons (Fsp3) is 0.188. The molecule has 1 atom stereocenters. The number of halogens is 1. The second-order valence-electron chi connectivity index (χ2n) is 4.95. The van der Waals surface area contributed by atoms with E-state index in [0.717, 1.165) is 27.0 Å². The van der Waals surface area contributed by atoms with E-state index < -0.39 is 0 Å². The number of urea groups is 1. The average Bonchev–Trinajstić information content (AvgIpc) is 2.42. The van der Waals surface area contributed by atoms with Gasteiger partial charge in [0.1, 0.15) is 0 Å². The van der Waals surface area contributed by atoms with E-state index in [0.29, 0.717) is 0 Å². The van der Waals surface area contributed by atoms with E-state index >= 15 is 0 Å². The molecule has 0 aromatic heterocycles. The number of nitrogens with one attached hydrogen (secondary N) is 2. The summed E-state index contributed by atoms with van der Waals surface area (Å²) in [5.41, 5.74) is 9.33. The van der Waals surface area contributed by atoms with Gasteiger partial charge < -0.3 is 16.4 Å². The van der Waals surface area contributed by atoms with E-state index in [4.69, 9.17) is 5.73 Å². The van der Waals surface area contributed by atoms with Gasteiger partial charge in [-0.15, -0.1) is 0 Å². The van der Waals surface area contributed by atoms with Gasteiger partial charge in [-0.25, -0.2) is 4.79 Å². The van der Waals surface area contributed by atoms with Crippen LogP contribution in [-0.4, -0.2) is 6.03 Å². The molecule has 0 aliphatic rings. The summed E-state index contributed by atoms with van der Waals surface area (Å²) in [6, 6.07) is 12.9. The van der Waals surface area contributed by atoms with Crippen molar-refractivity contribution < 1.29 is 4.79 Å². The average molecular weight is 348 g/mol. The number of aryl methyl sites for hydroxylation is 1. The first-order valence-corrected chi connectivity index (χ1v) is 7.44. The van der Waals surface area contributed by atoms with Crippen molar-refractivity contribution in [2.24, 2.45) is 5.73 Å². The molecule has 2 aromatic rings. The molecule has 4 nitrogen and oxygen atoms in total. The number of anilines is 2. The Hall–Kier alpha value is -1.85. The molecule has 0 saturated heterocycles. The van der Waals surface area contributed by atoms with Crippen LogP contribution in [0, 0.1) is 6.92 Å². The zero-order chi connectivity index (χ0) is 15.4. The largest absolute Gasteiger partial charge is 0.324 e. The van der Waals surface area contributed by atoms with Crippen LogP contribution in [0.15, 0.2) is 46.9 Å². The molecule has 0 fully saturated rings. The molecule has 0 aliphatic heterocycles. The second kappa shape index (κ2) is 6.74. The van der Waals surface area contributed by atoms with E-state index in [1.807, 2.05) is 56.3 Å². The van der Waals surface area contributed by atoms with Crippen LogP contribution >= 0.6 is 15.9 Å². The Labute approximate surface area is 132 Å². The van der Waals surface area contributed by atoms with E-state index in [9.17, 15) is 4.79 Å². The second-order valence-corrected chi connectivity index (χ2v) is 5.86. The lowest BCUT2D eigenvalue weighted by molar-refractivity contribution is 0.262. The molecular weight excluding hydrogens is 330 g/mol. The van der Waals surface area contributed by atoms with Gasteiger partial charge >= 0.3 is 6.03 Å². The highest BCUT2D eigenvalue weighted by Crippen LogP contribution is 2.20. The van der Waals surface area contributed by atoms with Crippen LogP contribution in [0.1, 0.15) is 24.1 Å². The summed E-state index contributed by atoms with van der Waals surface area (Å²) in [7, 11) is 0. The molecule has 0 saturated carbocycles. The van der Waals surface area contributed by atoms with Crippen LogP contribution < -0.4 is 16.4 Å². The van der Waals surface area contributed by atoms with Crippen molar-refractivity contribution in [3.63, 3.8) is 0 Å². The van der Waals surface area contributed by atoms with Crippen molar-refractivity contribution in [2.45, 2.75) is 19.9 Å². The first-order chi connectivity index (χ1) is 9.95. The van der Waals surface area contributed by atoms with Gasteiger partial charge in [-0.1, -0.05) is 28.1 Å². The summed E-state index contributed by atoms with van der Waals surface area (Å²) in [6.07, 6.45) is 0. The van der Waals surface area contributed by atoms with Gasteiger partial charge in [-0.3, -0.25) is 0 Å². The number of hydrogen-bond donors (Lipinski definition) is 3. The number of carbonyl (C=O) groups is 1. The number of nitrogens with two attached hydrogens (primary N) is 1. The van der Waals surface area contributed by atoms with Crippen molar-refractivity contribution in [1.29, 1.82) is 0 Å². The minimum absolute atomic E-state index is 0.0155. The van der Waals surface area contributed by atoms with E-state index in [1.165, 1.54) is 0 Å². The molecule has 1 unspecified atom stereocenters. The first-order valence-electron chi connectivity index (χ1n) is 6.65. The molecule has 0 radical (unpaired) electrons. The topological polar surface area (TPSA) is 67.2 Å². The number of rotatable bonds is 3. The highest BCUT2D eigenvalue weighted by molar-refractivity contribution is 9.10. The number of carbonyl (C=O) groups excluding carboxylic acids is 1. The first kappa shape index (κ1) is 15.5. The summed E-state index contributed by atoms with van der Waals surface area (Å²) in [5.74, 6) is 0. The Morgan fingerprint density at radius 2 is 1.81 bits per heavy atom. The summed E-state index contributed by atoms with van der Waals surface area (Å²) < 4.78 is 0.984. The van der Waals surface area contributed by atoms with Crippen molar-refractivity contribution >= 4 is 33.3 Å². The maximum absolute atomic E-state index is 12.0. The Morgan fingerprint density at radius 3 is 2.38 bits per heavy atom. The van der Waals surface area contributed by atoms with E-state index in [-0.39, 0.29) is 12.1 Å². The van der Waals surface area contributed by atoms with Gasteiger partial charge in [0, 0.05) is 21.9 Å². The third-order valence-corrected chi connectivity index (χ3v) is 3.62. The van der Waals surface area contributed by atoms with Crippen LogP contribution in [0.4, 0.5) is 16.2 Å². The van der Waals surface area contributed by atoms with E-state index in [2.05, 4.69) is 26.6 Å². The zero-order valence-electron chi connectivity index (χ0n) is 12.0. The number of benzene rings is 2. The molecule has 0 aliphatic carbocycles. The SMILES string of the molecule is Cc1cc(Br)ccc1NC(=O)Nc1ccc(C(C)N)cc1. The summed E-state index contributed by atoms with van der Waals surface area (Å²) in [5, 5.41) is 5.62. The smallest absolute Gasteiger partial charge is 0.323 e. The van der Waals surface area contributed by atoms with Gasteiger partial charge in [0.05, 0.1) is 0 Å². The van der Waals surface area contributed by atoms with E-state index in [1.54, 1.807) is 0 Å². The predicted octanol–water partition coefficient (Wildman–Crippen LogP) is 4.42. The molecule has 2 amide bonds. The molecule has 21 heavy (non-hydrogen) atoms. The Balaban J connectivity index is 2.01. The molecule has 0 heterocycles. The molecule has 2 rings (SSSR count). The van der Waals surface area contributed by atoms with Crippen LogP contribution in [0.5, 0.6) is 0 Å². The molecular formula is C16H18BrN3O. The number of amides is 2. The third kappa shape index (κ3) is 4.31. The summed E-state index contributed by atoms with van der Waals surface area (Å²) in [6.45, 7) is 3.86. The highest BCUT2D eigenvalue weighted by atomic mass is 79.9. The van der Waals surface area contributed by atoms with Crippen molar-refractivity contribution in [3.05, 3.63) is 58.1 Å². The van der Waals surface area contributed by atoms with Gasteiger partial charge in [0.2, 0.25) is 0 Å². The minimum atomic E-state index is -0.269. The van der Waals surface area contributed by atoms with Crippen LogP contribution in [0.25, 0.3) is 0 Å². The highest BCUT2D eigenvalue weighted by Gasteiger charge is 2.06. The van der Waals surface area contributed by atoms with Crippen LogP contribution in [-0.2, 0) is 0 Å². The zero-order valence-corrected chi connectivity index (χ0v) is 13.6. The molecule has 0 bridgehead atoms. The Bertz CT molecular complexity index is 638. The monoisotopic (exact) mass is 347 g/mol. The lowest BCUT2D eigenvalue weighted by Crippen LogP contribution is -2.20. The minimum Gasteiger partial charge on any atom is -0.324 e. The van der Waals surface area contributed by atoms with Gasteiger partial charge in [0.25, 0.3) is 0 Å². The van der Waals surface area contributed by atoms with Gasteiger partial charge in [0.15, 0.2) is 0 Å². The lowest BCUT2D eigenvalue weighted by Gasteiger charge is -2.11. The van der Waals surface area contributed by atoms with Crippen molar-refractivity contribution in [1.82, 2.24) is 0 Å². The Kier molecular flexibility index (Phi) is 4.98. The third-order valence-electron chi connectivity index (χ3n) is 3.13. The maximum atomic E-state index is 12.0. The summed E-state index contributed by atoms with van der Waals surface area (Å²) >= 11 is 3.40. The fourth-order valence-electron chi connectivity index (χ4n) is 1.92. The normalized spacial score (nSPS) is 11.8. The molecule has 5 heteroatoms. The van der Waals surface area contributed by atoms with Crippen LogP contribution in [0.3, 0.4) is 0 Å². The standard InChI is InChI=1S/C16H18BrN3O/c1-10-9-13(17)5-8-15(10)20-16(21)19-14-6-3-12(4-7-14)11(2)18/h3-9,11H,18H2,1-2H3,(H2,19,20,21).